The Morgan fingerprint density at radius 1 is 0.864 bits per heavy atom. The van der Waals surface area contributed by atoms with Crippen molar-refractivity contribution in [3.63, 3.8) is 0 Å². The van der Waals surface area contributed by atoms with Crippen LogP contribution in [0.5, 0.6) is 0 Å². The molecule has 0 amide bonds. The molecule has 0 atom stereocenters. The molecular formula is C14H6F6O2. The fourth-order valence-corrected chi connectivity index (χ4v) is 2.00. The Morgan fingerprint density at radius 2 is 1.32 bits per heavy atom. The van der Waals surface area contributed by atoms with E-state index >= 15 is 0 Å². The molecular weight excluding hydrogens is 314 g/mol. The van der Waals surface area contributed by atoms with Gasteiger partial charge < -0.3 is 5.11 Å². The normalized spacial score (nSPS) is 10.9. The minimum Gasteiger partial charge on any atom is -0.478 e. The van der Waals surface area contributed by atoms with Crippen LogP contribution < -0.4 is 0 Å². The van der Waals surface area contributed by atoms with E-state index in [1.807, 2.05) is 0 Å². The molecule has 0 spiro atoms. The lowest BCUT2D eigenvalue weighted by molar-refractivity contribution is 0.0695. The van der Waals surface area contributed by atoms with Crippen molar-refractivity contribution in [2.45, 2.75) is 6.92 Å². The summed E-state index contributed by atoms with van der Waals surface area (Å²) in [4.78, 5) is 11.0. The fourth-order valence-electron chi connectivity index (χ4n) is 2.00. The second-order valence-electron chi connectivity index (χ2n) is 4.38. The molecule has 0 aromatic heterocycles. The molecule has 22 heavy (non-hydrogen) atoms. The van der Waals surface area contributed by atoms with Crippen molar-refractivity contribution in [1.29, 1.82) is 0 Å². The minimum atomic E-state index is -2.36. The summed E-state index contributed by atoms with van der Waals surface area (Å²) in [6.45, 7) is 1.07. The van der Waals surface area contributed by atoms with Crippen LogP contribution in [-0.4, -0.2) is 11.1 Å². The minimum absolute atomic E-state index is 0.336. The highest BCUT2D eigenvalue weighted by molar-refractivity contribution is 5.92. The Balaban J connectivity index is 2.92. The number of rotatable bonds is 2. The van der Waals surface area contributed by atoms with Gasteiger partial charge in [-0.1, -0.05) is 0 Å². The highest BCUT2D eigenvalue weighted by atomic mass is 19.2. The second-order valence-corrected chi connectivity index (χ2v) is 4.38. The standard InChI is InChI=1S/C14H6F6O2/c1-4-6(2-5(15)3-7(4)14(21)22)8-9(16)11(18)13(20)12(19)10(8)17/h2-3H,1H3,(H,21,22). The summed E-state index contributed by atoms with van der Waals surface area (Å²) in [6.07, 6.45) is 0. The quantitative estimate of drug-likeness (QED) is 0.512. The van der Waals surface area contributed by atoms with Crippen LogP contribution >= 0.6 is 0 Å². The van der Waals surface area contributed by atoms with Crippen LogP contribution in [0.4, 0.5) is 26.3 Å². The molecule has 2 rings (SSSR count). The topological polar surface area (TPSA) is 37.3 Å². The summed E-state index contributed by atoms with van der Waals surface area (Å²) in [6, 6.07) is 1.08. The van der Waals surface area contributed by atoms with Crippen molar-refractivity contribution in [2.75, 3.05) is 0 Å². The van der Waals surface area contributed by atoms with Gasteiger partial charge in [-0.15, -0.1) is 0 Å². The van der Waals surface area contributed by atoms with Gasteiger partial charge in [0.05, 0.1) is 11.1 Å². The number of hydrogen-bond acceptors (Lipinski definition) is 1. The fraction of sp³-hybridized carbons (Fsp3) is 0.0714. The molecule has 8 heteroatoms. The van der Waals surface area contributed by atoms with Gasteiger partial charge in [-0.25, -0.2) is 31.1 Å². The van der Waals surface area contributed by atoms with Gasteiger partial charge in [0, 0.05) is 0 Å². The van der Waals surface area contributed by atoms with E-state index in [2.05, 4.69) is 0 Å². The van der Waals surface area contributed by atoms with Crippen molar-refractivity contribution in [3.05, 3.63) is 58.2 Å². The molecule has 2 nitrogen and oxygen atoms in total. The third kappa shape index (κ3) is 2.30. The molecule has 0 saturated carbocycles. The van der Waals surface area contributed by atoms with E-state index in [-0.39, 0.29) is 5.56 Å². The maximum Gasteiger partial charge on any atom is 0.336 e. The highest BCUT2D eigenvalue weighted by Gasteiger charge is 2.28. The first-order valence-corrected chi connectivity index (χ1v) is 5.72. The Kier molecular flexibility index (Phi) is 3.87. The molecule has 0 radical (unpaired) electrons. The van der Waals surface area contributed by atoms with Crippen molar-refractivity contribution in [3.8, 4) is 11.1 Å². The van der Waals surface area contributed by atoms with E-state index in [4.69, 9.17) is 5.11 Å². The average molecular weight is 320 g/mol. The van der Waals surface area contributed by atoms with E-state index in [1.165, 1.54) is 0 Å². The van der Waals surface area contributed by atoms with Crippen LogP contribution in [0.3, 0.4) is 0 Å². The zero-order valence-electron chi connectivity index (χ0n) is 10.8. The van der Waals surface area contributed by atoms with E-state index in [1.54, 1.807) is 0 Å². The Labute approximate surface area is 119 Å². The molecule has 0 fully saturated rings. The first-order chi connectivity index (χ1) is 10.2. The number of carbonyl (C=O) groups is 1. The van der Waals surface area contributed by atoms with Gasteiger partial charge in [-0.3, -0.25) is 0 Å². The zero-order valence-corrected chi connectivity index (χ0v) is 10.8. The van der Waals surface area contributed by atoms with Gasteiger partial charge >= 0.3 is 5.97 Å². The van der Waals surface area contributed by atoms with Crippen molar-refractivity contribution in [1.82, 2.24) is 0 Å². The molecule has 0 saturated heterocycles. The average Bonchev–Trinajstić information content (AvgIpc) is 2.46. The summed E-state index contributed by atoms with van der Waals surface area (Å²) < 4.78 is 80.3. The summed E-state index contributed by atoms with van der Waals surface area (Å²) in [5.41, 5.74) is -3.10. The summed E-state index contributed by atoms with van der Waals surface area (Å²) >= 11 is 0. The number of carboxylic acids is 1. The maximum absolute atomic E-state index is 13.7. The van der Waals surface area contributed by atoms with Crippen LogP contribution in [-0.2, 0) is 0 Å². The second kappa shape index (κ2) is 5.36. The molecule has 0 unspecified atom stereocenters. The lowest BCUT2D eigenvalue weighted by atomic mass is 9.95. The largest absolute Gasteiger partial charge is 0.478 e. The maximum atomic E-state index is 13.7. The molecule has 1 N–H and O–H groups in total. The van der Waals surface area contributed by atoms with Gasteiger partial charge in [0.1, 0.15) is 5.82 Å². The molecule has 0 aliphatic rings. The van der Waals surface area contributed by atoms with Crippen LogP contribution in [0, 0.1) is 41.8 Å². The van der Waals surface area contributed by atoms with Crippen molar-refractivity contribution >= 4 is 5.97 Å². The summed E-state index contributed by atoms with van der Waals surface area (Å²) in [5.74, 6) is -13.9. The smallest absolute Gasteiger partial charge is 0.336 e. The molecule has 116 valence electrons. The monoisotopic (exact) mass is 320 g/mol. The molecule has 0 aliphatic heterocycles. The molecule has 0 aliphatic carbocycles. The third-order valence-electron chi connectivity index (χ3n) is 3.08. The first-order valence-electron chi connectivity index (χ1n) is 5.72. The van der Waals surface area contributed by atoms with Crippen LogP contribution in [0.15, 0.2) is 12.1 Å². The number of carboxylic acid groups (broad SMARTS) is 1. The Bertz CT molecular complexity index is 772. The summed E-state index contributed by atoms with van der Waals surface area (Å²) in [7, 11) is 0. The molecule has 2 aromatic rings. The Morgan fingerprint density at radius 3 is 1.77 bits per heavy atom. The van der Waals surface area contributed by atoms with Crippen LogP contribution in [0.2, 0.25) is 0 Å². The van der Waals surface area contributed by atoms with Crippen molar-refractivity contribution < 1.29 is 36.2 Å². The van der Waals surface area contributed by atoms with Crippen molar-refractivity contribution in [2.24, 2.45) is 0 Å². The number of halogens is 6. The predicted molar refractivity (Wildman–Crippen MR) is 63.3 cm³/mol. The Hall–Kier alpha value is -2.51. The van der Waals surface area contributed by atoms with Gasteiger partial charge in [-0.05, 0) is 30.2 Å². The molecule has 0 heterocycles. The predicted octanol–water partition coefficient (Wildman–Crippen LogP) is 4.19. The number of benzene rings is 2. The van der Waals surface area contributed by atoms with E-state index in [0.717, 1.165) is 6.92 Å². The van der Waals surface area contributed by atoms with Gasteiger partial charge in [-0.2, -0.15) is 0 Å². The van der Waals surface area contributed by atoms with E-state index in [9.17, 15) is 31.1 Å². The molecule has 0 bridgehead atoms. The van der Waals surface area contributed by atoms with Crippen LogP contribution in [0.25, 0.3) is 11.1 Å². The number of aromatic carboxylic acids is 1. The van der Waals surface area contributed by atoms with Crippen LogP contribution in [0.1, 0.15) is 15.9 Å². The van der Waals surface area contributed by atoms with Gasteiger partial charge in [0.15, 0.2) is 23.3 Å². The van der Waals surface area contributed by atoms with E-state index in [0.29, 0.717) is 12.1 Å². The first kappa shape index (κ1) is 15.9. The summed E-state index contributed by atoms with van der Waals surface area (Å²) in [5, 5.41) is 8.89. The highest BCUT2D eigenvalue weighted by Crippen LogP contribution is 2.35. The molecule has 2 aromatic carbocycles. The SMILES string of the molecule is Cc1c(C(=O)O)cc(F)cc1-c1c(F)c(F)c(F)c(F)c1F. The van der Waals surface area contributed by atoms with E-state index < -0.39 is 57.6 Å². The lowest BCUT2D eigenvalue weighted by Crippen LogP contribution is -2.07. The zero-order chi connectivity index (χ0) is 16.8. The van der Waals surface area contributed by atoms with Gasteiger partial charge in [0.25, 0.3) is 0 Å². The number of hydrogen-bond donors (Lipinski definition) is 1. The lowest BCUT2D eigenvalue weighted by Gasteiger charge is -2.13. The van der Waals surface area contributed by atoms with Gasteiger partial charge in [0.2, 0.25) is 5.82 Å². The third-order valence-corrected chi connectivity index (χ3v) is 3.08.